The summed E-state index contributed by atoms with van der Waals surface area (Å²) in [6, 6.07) is 5.67. The highest BCUT2D eigenvalue weighted by atomic mass is 16.3. The summed E-state index contributed by atoms with van der Waals surface area (Å²) in [5, 5.41) is 0. The van der Waals surface area contributed by atoms with E-state index in [-0.39, 0.29) is 11.8 Å². The largest absolute Gasteiger partial charge is 0.441 e. The number of oxazole rings is 1. The van der Waals surface area contributed by atoms with Gasteiger partial charge in [-0.3, -0.25) is 4.79 Å². The highest BCUT2D eigenvalue weighted by molar-refractivity contribution is 5.97. The van der Waals surface area contributed by atoms with Crippen molar-refractivity contribution in [2.75, 3.05) is 11.4 Å². The Morgan fingerprint density at radius 3 is 3.11 bits per heavy atom. The van der Waals surface area contributed by atoms with Gasteiger partial charge in [0, 0.05) is 37.6 Å². The number of amides is 1. The second-order valence-corrected chi connectivity index (χ2v) is 4.59. The van der Waals surface area contributed by atoms with Gasteiger partial charge in [-0.1, -0.05) is 6.08 Å². The Labute approximate surface area is 105 Å². The molecular formula is C14H14N2O2. The normalized spacial score (nSPS) is 19.7. The van der Waals surface area contributed by atoms with Crippen LogP contribution in [0.4, 0.5) is 5.69 Å². The van der Waals surface area contributed by atoms with Gasteiger partial charge in [-0.15, -0.1) is 6.58 Å². The first-order valence-electron chi connectivity index (χ1n) is 5.97. The zero-order chi connectivity index (χ0) is 12.7. The lowest BCUT2D eigenvalue weighted by atomic mass is 10.1. The van der Waals surface area contributed by atoms with Crippen LogP contribution in [0.1, 0.15) is 12.3 Å². The van der Waals surface area contributed by atoms with Crippen LogP contribution in [0.2, 0.25) is 0 Å². The molecule has 0 N–H and O–H groups in total. The molecule has 1 aliphatic rings. The first kappa shape index (κ1) is 11.0. The first-order valence-corrected chi connectivity index (χ1v) is 5.97. The Kier molecular flexibility index (Phi) is 2.44. The van der Waals surface area contributed by atoms with Crippen molar-refractivity contribution in [3.05, 3.63) is 36.7 Å². The Bertz CT molecular complexity index is 630. The number of anilines is 1. The number of aryl methyl sites for hydroxylation is 1. The van der Waals surface area contributed by atoms with Crippen LogP contribution in [0.15, 0.2) is 35.3 Å². The second kappa shape index (κ2) is 3.98. The molecule has 1 saturated heterocycles. The summed E-state index contributed by atoms with van der Waals surface area (Å²) >= 11 is 0. The molecule has 1 unspecified atom stereocenters. The Morgan fingerprint density at radius 2 is 2.39 bits per heavy atom. The van der Waals surface area contributed by atoms with Gasteiger partial charge < -0.3 is 9.32 Å². The Morgan fingerprint density at radius 1 is 1.56 bits per heavy atom. The maximum absolute atomic E-state index is 11.9. The van der Waals surface area contributed by atoms with Crippen LogP contribution in [0.25, 0.3) is 11.1 Å². The van der Waals surface area contributed by atoms with Gasteiger partial charge in [0.05, 0.1) is 0 Å². The van der Waals surface area contributed by atoms with Gasteiger partial charge >= 0.3 is 0 Å². The maximum Gasteiger partial charge on any atom is 0.227 e. The molecular weight excluding hydrogens is 228 g/mol. The predicted molar refractivity (Wildman–Crippen MR) is 69.4 cm³/mol. The Hall–Kier alpha value is -2.10. The zero-order valence-corrected chi connectivity index (χ0v) is 10.2. The van der Waals surface area contributed by atoms with Crippen LogP contribution < -0.4 is 4.90 Å². The fourth-order valence-corrected chi connectivity index (χ4v) is 2.34. The average Bonchev–Trinajstić information content (AvgIpc) is 2.89. The van der Waals surface area contributed by atoms with Crippen molar-refractivity contribution in [2.24, 2.45) is 5.92 Å². The Balaban J connectivity index is 1.99. The number of fused-ring (bicyclic) bond motifs is 1. The molecule has 18 heavy (non-hydrogen) atoms. The standard InChI is InChI=1S/C14H14N2O2/c1-3-10-6-14(17)16(8-10)11-4-5-12-13(7-11)18-9(2)15-12/h3-5,7,10H,1,6,8H2,2H3. The third-order valence-electron chi connectivity index (χ3n) is 3.28. The number of carbonyl (C=O) groups is 1. The van der Waals surface area contributed by atoms with Gasteiger partial charge in [0.25, 0.3) is 0 Å². The van der Waals surface area contributed by atoms with Crippen LogP contribution in [-0.2, 0) is 4.79 Å². The first-order chi connectivity index (χ1) is 8.67. The number of hydrogen-bond donors (Lipinski definition) is 0. The van der Waals surface area contributed by atoms with Crippen molar-refractivity contribution in [1.82, 2.24) is 4.98 Å². The number of carbonyl (C=O) groups excluding carboxylic acids is 1. The van der Waals surface area contributed by atoms with E-state index in [1.54, 1.807) is 4.90 Å². The smallest absolute Gasteiger partial charge is 0.227 e. The summed E-state index contributed by atoms with van der Waals surface area (Å²) in [7, 11) is 0. The SMILES string of the molecule is C=CC1CC(=O)N(c2ccc3nc(C)oc3c2)C1. The van der Waals surface area contributed by atoms with Crippen molar-refractivity contribution >= 4 is 22.7 Å². The number of hydrogen-bond acceptors (Lipinski definition) is 3. The van der Waals surface area contributed by atoms with Crippen molar-refractivity contribution in [3.63, 3.8) is 0 Å². The second-order valence-electron chi connectivity index (χ2n) is 4.59. The average molecular weight is 242 g/mol. The van der Waals surface area contributed by atoms with Crippen molar-refractivity contribution in [1.29, 1.82) is 0 Å². The summed E-state index contributed by atoms with van der Waals surface area (Å²) in [6.45, 7) is 6.26. The molecule has 0 bridgehead atoms. The molecule has 4 nitrogen and oxygen atoms in total. The lowest BCUT2D eigenvalue weighted by Crippen LogP contribution is -2.24. The van der Waals surface area contributed by atoms with Gasteiger partial charge in [0.1, 0.15) is 5.52 Å². The summed E-state index contributed by atoms with van der Waals surface area (Å²) in [4.78, 5) is 17.9. The van der Waals surface area contributed by atoms with Crippen LogP contribution in [0.5, 0.6) is 0 Å². The molecule has 2 aromatic rings. The molecule has 1 aliphatic heterocycles. The monoisotopic (exact) mass is 242 g/mol. The minimum absolute atomic E-state index is 0.135. The quantitative estimate of drug-likeness (QED) is 0.760. The predicted octanol–water partition coefficient (Wildman–Crippen LogP) is 2.68. The van der Waals surface area contributed by atoms with Crippen molar-refractivity contribution in [3.8, 4) is 0 Å². The molecule has 1 aromatic carbocycles. The maximum atomic E-state index is 11.9. The molecule has 2 heterocycles. The van der Waals surface area contributed by atoms with Gasteiger partial charge in [0.15, 0.2) is 11.5 Å². The lowest BCUT2D eigenvalue weighted by molar-refractivity contribution is -0.117. The fraction of sp³-hybridized carbons (Fsp3) is 0.286. The molecule has 1 amide bonds. The van der Waals surface area contributed by atoms with E-state index < -0.39 is 0 Å². The minimum Gasteiger partial charge on any atom is -0.441 e. The summed E-state index contributed by atoms with van der Waals surface area (Å²) < 4.78 is 5.49. The topological polar surface area (TPSA) is 46.3 Å². The molecule has 1 atom stereocenters. The molecule has 92 valence electrons. The number of nitrogens with zero attached hydrogens (tertiary/aromatic N) is 2. The molecule has 4 heteroatoms. The van der Waals surface area contributed by atoms with Gasteiger partial charge in [-0.2, -0.15) is 0 Å². The molecule has 1 fully saturated rings. The number of aromatic nitrogens is 1. The third-order valence-corrected chi connectivity index (χ3v) is 3.28. The van der Waals surface area contributed by atoms with Crippen LogP contribution in [0, 0.1) is 12.8 Å². The highest BCUT2D eigenvalue weighted by Gasteiger charge is 2.28. The summed E-state index contributed by atoms with van der Waals surface area (Å²) in [5.74, 6) is 1.01. The van der Waals surface area contributed by atoms with Gasteiger partial charge in [0.2, 0.25) is 5.91 Å². The van der Waals surface area contributed by atoms with Crippen molar-refractivity contribution in [2.45, 2.75) is 13.3 Å². The zero-order valence-electron chi connectivity index (χ0n) is 10.2. The van der Waals surface area contributed by atoms with E-state index in [1.807, 2.05) is 31.2 Å². The van der Waals surface area contributed by atoms with Crippen LogP contribution in [-0.4, -0.2) is 17.4 Å². The van der Waals surface area contributed by atoms with E-state index in [9.17, 15) is 4.79 Å². The van der Waals surface area contributed by atoms with Crippen molar-refractivity contribution < 1.29 is 9.21 Å². The molecule has 0 radical (unpaired) electrons. The number of rotatable bonds is 2. The van der Waals surface area contributed by atoms with Crippen LogP contribution in [0.3, 0.4) is 0 Å². The van der Waals surface area contributed by atoms with E-state index in [4.69, 9.17) is 4.42 Å². The van der Waals surface area contributed by atoms with Gasteiger partial charge in [-0.25, -0.2) is 4.98 Å². The minimum atomic E-state index is 0.135. The molecule has 0 spiro atoms. The molecule has 0 saturated carbocycles. The third kappa shape index (κ3) is 1.70. The molecule has 0 aliphatic carbocycles. The summed E-state index contributed by atoms with van der Waals surface area (Å²) in [5.41, 5.74) is 2.41. The van der Waals surface area contributed by atoms with Crippen LogP contribution >= 0.6 is 0 Å². The molecule has 3 rings (SSSR count). The van der Waals surface area contributed by atoms with Gasteiger partial charge in [-0.05, 0) is 12.1 Å². The summed E-state index contributed by atoms with van der Waals surface area (Å²) in [6.07, 6.45) is 2.38. The number of benzene rings is 1. The highest BCUT2D eigenvalue weighted by Crippen LogP contribution is 2.28. The van der Waals surface area contributed by atoms with E-state index in [1.165, 1.54) is 0 Å². The lowest BCUT2D eigenvalue weighted by Gasteiger charge is -2.15. The fourth-order valence-electron chi connectivity index (χ4n) is 2.34. The van der Waals surface area contributed by atoms with E-state index in [0.29, 0.717) is 18.9 Å². The van der Waals surface area contributed by atoms with E-state index in [0.717, 1.165) is 16.8 Å². The molecule has 1 aromatic heterocycles. The van der Waals surface area contributed by atoms with E-state index in [2.05, 4.69) is 11.6 Å². The van der Waals surface area contributed by atoms with E-state index >= 15 is 0 Å².